The molecule has 1 aromatic rings. The Balaban J connectivity index is 1.69. The summed E-state index contributed by atoms with van der Waals surface area (Å²) in [5.41, 5.74) is 2.23. The molecule has 4 heteroatoms. The number of hydrogen-bond acceptors (Lipinski definition) is 4. The van der Waals surface area contributed by atoms with Crippen LogP contribution >= 0.6 is 0 Å². The predicted octanol–water partition coefficient (Wildman–Crippen LogP) is 1.73. The van der Waals surface area contributed by atoms with E-state index in [9.17, 15) is 5.11 Å². The highest BCUT2D eigenvalue weighted by atomic mass is 16.5. The maximum atomic E-state index is 10.0. The van der Waals surface area contributed by atoms with E-state index in [1.807, 2.05) is 32.0 Å². The van der Waals surface area contributed by atoms with Gasteiger partial charge in [-0.25, -0.2) is 0 Å². The molecule has 4 nitrogen and oxygen atoms in total. The molecule has 118 valence electrons. The summed E-state index contributed by atoms with van der Waals surface area (Å²) >= 11 is 0. The molecule has 0 radical (unpaired) electrons. The van der Waals surface area contributed by atoms with Gasteiger partial charge < -0.3 is 20.1 Å². The SMILES string of the molecule is Cc1cccc(C)c1OCC(O)CNCC1CCCN1C. The van der Waals surface area contributed by atoms with Crippen LogP contribution in [0.2, 0.25) is 0 Å². The molecule has 21 heavy (non-hydrogen) atoms. The smallest absolute Gasteiger partial charge is 0.125 e. The zero-order valence-corrected chi connectivity index (χ0v) is 13.4. The second-order valence-corrected chi connectivity index (χ2v) is 6.12. The van der Waals surface area contributed by atoms with E-state index < -0.39 is 6.10 Å². The van der Waals surface area contributed by atoms with Gasteiger partial charge in [-0.15, -0.1) is 0 Å². The Morgan fingerprint density at radius 2 is 2.10 bits per heavy atom. The first kappa shape index (κ1) is 16.3. The van der Waals surface area contributed by atoms with Crippen molar-refractivity contribution in [3.63, 3.8) is 0 Å². The summed E-state index contributed by atoms with van der Waals surface area (Å²) in [4.78, 5) is 2.38. The molecule has 1 aliphatic rings. The molecule has 0 bridgehead atoms. The normalized spacial score (nSPS) is 20.7. The monoisotopic (exact) mass is 292 g/mol. The van der Waals surface area contributed by atoms with Gasteiger partial charge in [0.25, 0.3) is 0 Å². The van der Waals surface area contributed by atoms with Crippen LogP contribution < -0.4 is 10.1 Å². The second-order valence-electron chi connectivity index (χ2n) is 6.12. The molecule has 0 amide bonds. The molecule has 1 fully saturated rings. The van der Waals surface area contributed by atoms with Crippen LogP contribution in [0.5, 0.6) is 5.75 Å². The molecular weight excluding hydrogens is 264 g/mol. The van der Waals surface area contributed by atoms with Gasteiger partial charge in [0.15, 0.2) is 0 Å². The number of likely N-dealkylation sites (tertiary alicyclic amines) is 1. The molecule has 0 saturated carbocycles. The number of rotatable bonds is 7. The van der Waals surface area contributed by atoms with Gasteiger partial charge in [-0.2, -0.15) is 0 Å². The van der Waals surface area contributed by atoms with E-state index in [4.69, 9.17) is 4.74 Å². The average Bonchev–Trinajstić information content (AvgIpc) is 2.84. The Kier molecular flexibility index (Phi) is 6.03. The van der Waals surface area contributed by atoms with Crippen LogP contribution in [0.25, 0.3) is 0 Å². The number of ether oxygens (including phenoxy) is 1. The van der Waals surface area contributed by atoms with E-state index >= 15 is 0 Å². The fourth-order valence-corrected chi connectivity index (χ4v) is 2.92. The lowest BCUT2D eigenvalue weighted by Crippen LogP contribution is -2.39. The third-order valence-electron chi connectivity index (χ3n) is 4.26. The molecule has 1 aliphatic heterocycles. The van der Waals surface area contributed by atoms with Crippen molar-refractivity contribution in [3.05, 3.63) is 29.3 Å². The minimum atomic E-state index is -0.476. The maximum absolute atomic E-state index is 10.0. The minimum Gasteiger partial charge on any atom is -0.490 e. The van der Waals surface area contributed by atoms with Crippen LogP contribution in [0.1, 0.15) is 24.0 Å². The summed E-state index contributed by atoms with van der Waals surface area (Å²) in [6.45, 7) is 7.10. The zero-order chi connectivity index (χ0) is 15.2. The van der Waals surface area contributed by atoms with Crippen LogP contribution in [0, 0.1) is 13.8 Å². The first-order valence-electron chi connectivity index (χ1n) is 7.86. The highest BCUT2D eigenvalue weighted by Crippen LogP contribution is 2.22. The van der Waals surface area contributed by atoms with E-state index in [2.05, 4.69) is 17.3 Å². The van der Waals surface area contributed by atoms with Crippen LogP contribution in [-0.2, 0) is 0 Å². The highest BCUT2D eigenvalue weighted by molar-refractivity contribution is 5.39. The Labute approximate surface area is 128 Å². The van der Waals surface area contributed by atoms with Crippen molar-refractivity contribution in [1.82, 2.24) is 10.2 Å². The van der Waals surface area contributed by atoms with Crippen molar-refractivity contribution in [3.8, 4) is 5.75 Å². The lowest BCUT2D eigenvalue weighted by atomic mass is 10.1. The highest BCUT2D eigenvalue weighted by Gasteiger charge is 2.20. The third-order valence-corrected chi connectivity index (χ3v) is 4.26. The van der Waals surface area contributed by atoms with Crippen molar-refractivity contribution in [2.75, 3.05) is 33.3 Å². The summed E-state index contributed by atoms with van der Waals surface area (Å²) in [6.07, 6.45) is 2.05. The maximum Gasteiger partial charge on any atom is 0.125 e. The summed E-state index contributed by atoms with van der Waals surface area (Å²) in [5.74, 6) is 0.895. The van der Waals surface area contributed by atoms with Crippen LogP contribution in [0.15, 0.2) is 18.2 Å². The molecule has 2 atom stereocenters. The van der Waals surface area contributed by atoms with E-state index in [-0.39, 0.29) is 0 Å². The summed E-state index contributed by atoms with van der Waals surface area (Å²) in [7, 11) is 2.17. The van der Waals surface area contributed by atoms with Gasteiger partial charge in [-0.3, -0.25) is 0 Å². The van der Waals surface area contributed by atoms with Gasteiger partial charge in [-0.05, 0) is 51.4 Å². The largest absolute Gasteiger partial charge is 0.490 e. The van der Waals surface area contributed by atoms with Crippen molar-refractivity contribution in [2.45, 2.75) is 38.8 Å². The quantitative estimate of drug-likeness (QED) is 0.803. The number of benzene rings is 1. The Morgan fingerprint density at radius 3 is 2.71 bits per heavy atom. The van der Waals surface area contributed by atoms with E-state index in [1.54, 1.807) is 0 Å². The standard InChI is InChI=1S/C17H28N2O2/c1-13-6-4-7-14(2)17(13)21-12-16(20)11-18-10-15-8-5-9-19(15)3/h4,6-7,15-16,18,20H,5,8-12H2,1-3H3. The van der Waals surface area contributed by atoms with Gasteiger partial charge in [0.1, 0.15) is 18.5 Å². The van der Waals surface area contributed by atoms with Gasteiger partial charge in [0.05, 0.1) is 0 Å². The van der Waals surface area contributed by atoms with Crippen molar-refractivity contribution >= 4 is 0 Å². The van der Waals surface area contributed by atoms with Gasteiger partial charge in [0.2, 0.25) is 0 Å². The third kappa shape index (κ3) is 4.70. The number of nitrogens with zero attached hydrogens (tertiary/aromatic N) is 1. The number of aliphatic hydroxyl groups is 1. The number of likely N-dealkylation sites (N-methyl/N-ethyl adjacent to an activating group) is 1. The Bertz CT molecular complexity index is 430. The fraction of sp³-hybridized carbons (Fsp3) is 0.647. The fourth-order valence-electron chi connectivity index (χ4n) is 2.92. The number of hydrogen-bond donors (Lipinski definition) is 2. The summed E-state index contributed by atoms with van der Waals surface area (Å²) in [6, 6.07) is 6.69. The first-order valence-corrected chi connectivity index (χ1v) is 7.86. The summed E-state index contributed by atoms with van der Waals surface area (Å²) in [5, 5.41) is 13.4. The number of nitrogens with one attached hydrogen (secondary N) is 1. The van der Waals surface area contributed by atoms with Crippen LogP contribution in [0.3, 0.4) is 0 Å². The van der Waals surface area contributed by atoms with Crippen molar-refractivity contribution in [2.24, 2.45) is 0 Å². The Hall–Kier alpha value is -1.10. The molecule has 1 aromatic carbocycles. The van der Waals surface area contributed by atoms with E-state index in [0.717, 1.165) is 23.4 Å². The van der Waals surface area contributed by atoms with E-state index in [1.165, 1.54) is 19.4 Å². The lowest BCUT2D eigenvalue weighted by Gasteiger charge is -2.21. The van der Waals surface area contributed by atoms with Crippen LogP contribution in [-0.4, -0.2) is 55.4 Å². The van der Waals surface area contributed by atoms with E-state index in [0.29, 0.717) is 19.2 Å². The predicted molar refractivity (Wildman–Crippen MR) is 85.9 cm³/mol. The number of aliphatic hydroxyl groups excluding tert-OH is 1. The zero-order valence-electron chi connectivity index (χ0n) is 13.4. The second kappa shape index (κ2) is 7.78. The van der Waals surface area contributed by atoms with Gasteiger partial charge in [-0.1, -0.05) is 18.2 Å². The molecule has 1 saturated heterocycles. The average molecular weight is 292 g/mol. The molecule has 2 unspecified atom stereocenters. The molecule has 0 aromatic heterocycles. The lowest BCUT2D eigenvalue weighted by molar-refractivity contribution is 0.104. The van der Waals surface area contributed by atoms with Gasteiger partial charge in [0, 0.05) is 19.1 Å². The van der Waals surface area contributed by atoms with Crippen molar-refractivity contribution in [1.29, 1.82) is 0 Å². The Morgan fingerprint density at radius 1 is 1.38 bits per heavy atom. The molecule has 0 spiro atoms. The summed E-state index contributed by atoms with van der Waals surface area (Å²) < 4.78 is 5.77. The number of para-hydroxylation sites is 1. The molecule has 2 rings (SSSR count). The minimum absolute atomic E-state index is 0.333. The van der Waals surface area contributed by atoms with Crippen LogP contribution in [0.4, 0.5) is 0 Å². The molecule has 0 aliphatic carbocycles. The first-order chi connectivity index (χ1) is 10.1. The molecule has 1 heterocycles. The van der Waals surface area contributed by atoms with Crippen molar-refractivity contribution < 1.29 is 9.84 Å². The molecule has 2 N–H and O–H groups in total. The number of aryl methyl sites for hydroxylation is 2. The van der Waals surface area contributed by atoms with Gasteiger partial charge >= 0.3 is 0 Å². The topological polar surface area (TPSA) is 44.7 Å². The molecular formula is C17H28N2O2.